The lowest BCUT2D eigenvalue weighted by Gasteiger charge is -2.18. The Bertz CT molecular complexity index is 370. The SMILES string of the molecule is OCc1cncc(N2CC3CCCC3C2)n1. The van der Waals surface area contributed by atoms with E-state index >= 15 is 0 Å². The molecule has 16 heavy (non-hydrogen) atoms. The van der Waals surface area contributed by atoms with E-state index in [4.69, 9.17) is 5.11 Å². The second-order valence-electron chi connectivity index (χ2n) is 4.88. The van der Waals surface area contributed by atoms with E-state index in [0.29, 0.717) is 5.69 Å². The fourth-order valence-corrected chi connectivity index (χ4v) is 3.05. The van der Waals surface area contributed by atoms with Crippen LogP contribution < -0.4 is 4.90 Å². The molecule has 86 valence electrons. The number of anilines is 1. The summed E-state index contributed by atoms with van der Waals surface area (Å²) < 4.78 is 0. The second kappa shape index (κ2) is 4.01. The number of aliphatic hydroxyl groups is 1. The Balaban J connectivity index is 1.78. The number of fused-ring (bicyclic) bond motifs is 1. The average molecular weight is 219 g/mol. The smallest absolute Gasteiger partial charge is 0.147 e. The number of rotatable bonds is 2. The molecule has 1 N–H and O–H groups in total. The van der Waals surface area contributed by atoms with Crippen molar-refractivity contribution >= 4 is 5.82 Å². The molecule has 2 heterocycles. The number of nitrogens with zero attached hydrogens (tertiary/aromatic N) is 3. The predicted octanol–water partition coefficient (Wildman–Crippen LogP) is 1.21. The van der Waals surface area contributed by atoms with Gasteiger partial charge in [-0.25, -0.2) is 4.98 Å². The van der Waals surface area contributed by atoms with Crippen LogP contribution in [0.1, 0.15) is 25.0 Å². The number of aliphatic hydroxyl groups excluding tert-OH is 1. The molecule has 0 radical (unpaired) electrons. The van der Waals surface area contributed by atoms with Gasteiger partial charge in [-0.2, -0.15) is 0 Å². The Morgan fingerprint density at radius 1 is 1.25 bits per heavy atom. The lowest BCUT2D eigenvalue weighted by Crippen LogP contribution is -2.22. The first-order chi connectivity index (χ1) is 7.86. The van der Waals surface area contributed by atoms with Gasteiger partial charge < -0.3 is 10.0 Å². The van der Waals surface area contributed by atoms with Crippen LogP contribution in [0.3, 0.4) is 0 Å². The maximum Gasteiger partial charge on any atom is 0.147 e. The van der Waals surface area contributed by atoms with E-state index in [1.54, 1.807) is 12.4 Å². The molecule has 1 aromatic rings. The van der Waals surface area contributed by atoms with E-state index in [1.807, 2.05) is 0 Å². The highest BCUT2D eigenvalue weighted by atomic mass is 16.3. The van der Waals surface area contributed by atoms with Crippen LogP contribution in [-0.2, 0) is 6.61 Å². The first kappa shape index (κ1) is 10.0. The largest absolute Gasteiger partial charge is 0.390 e. The predicted molar refractivity (Wildman–Crippen MR) is 61.0 cm³/mol. The van der Waals surface area contributed by atoms with E-state index in [0.717, 1.165) is 30.7 Å². The van der Waals surface area contributed by atoms with Crippen molar-refractivity contribution in [3.8, 4) is 0 Å². The minimum Gasteiger partial charge on any atom is -0.390 e. The molecule has 1 saturated heterocycles. The van der Waals surface area contributed by atoms with Crippen LogP contribution in [0.15, 0.2) is 12.4 Å². The first-order valence-electron chi connectivity index (χ1n) is 6.03. The molecule has 2 atom stereocenters. The van der Waals surface area contributed by atoms with Crippen LogP contribution in [0.25, 0.3) is 0 Å². The van der Waals surface area contributed by atoms with E-state index < -0.39 is 0 Å². The highest BCUT2D eigenvalue weighted by molar-refractivity contribution is 5.38. The third-order valence-electron chi connectivity index (χ3n) is 3.88. The fraction of sp³-hybridized carbons (Fsp3) is 0.667. The van der Waals surface area contributed by atoms with Crippen LogP contribution in [0.5, 0.6) is 0 Å². The summed E-state index contributed by atoms with van der Waals surface area (Å²) in [5.74, 6) is 2.65. The summed E-state index contributed by atoms with van der Waals surface area (Å²) in [4.78, 5) is 10.9. The summed E-state index contributed by atoms with van der Waals surface area (Å²) in [5.41, 5.74) is 0.662. The quantitative estimate of drug-likeness (QED) is 0.812. The van der Waals surface area contributed by atoms with Gasteiger partial charge in [-0.05, 0) is 24.7 Å². The van der Waals surface area contributed by atoms with Crippen molar-refractivity contribution in [3.05, 3.63) is 18.1 Å². The number of aromatic nitrogens is 2. The van der Waals surface area contributed by atoms with Crippen LogP contribution in [0, 0.1) is 11.8 Å². The van der Waals surface area contributed by atoms with Crippen molar-refractivity contribution in [2.45, 2.75) is 25.9 Å². The highest BCUT2D eigenvalue weighted by Gasteiger charge is 2.36. The summed E-state index contributed by atoms with van der Waals surface area (Å²) in [6.45, 7) is 2.21. The number of hydrogen-bond acceptors (Lipinski definition) is 4. The lowest BCUT2D eigenvalue weighted by molar-refractivity contribution is 0.276. The average Bonchev–Trinajstić information content (AvgIpc) is 2.89. The van der Waals surface area contributed by atoms with E-state index in [1.165, 1.54) is 19.3 Å². The van der Waals surface area contributed by atoms with Crippen LogP contribution in [0.4, 0.5) is 5.82 Å². The van der Waals surface area contributed by atoms with Crippen molar-refractivity contribution in [1.82, 2.24) is 9.97 Å². The van der Waals surface area contributed by atoms with Crippen molar-refractivity contribution in [3.63, 3.8) is 0 Å². The minimum atomic E-state index is -0.0263. The molecule has 0 spiro atoms. The zero-order valence-corrected chi connectivity index (χ0v) is 9.34. The number of hydrogen-bond donors (Lipinski definition) is 1. The zero-order chi connectivity index (χ0) is 11.0. The molecule has 2 aliphatic rings. The monoisotopic (exact) mass is 219 g/mol. The standard InChI is InChI=1S/C12H17N3O/c16-8-11-4-13-5-12(14-11)15-6-9-2-1-3-10(9)7-15/h4-5,9-10,16H,1-3,6-8H2. The summed E-state index contributed by atoms with van der Waals surface area (Å²) in [6, 6.07) is 0. The molecule has 0 amide bonds. The van der Waals surface area contributed by atoms with Crippen LogP contribution in [-0.4, -0.2) is 28.2 Å². The Kier molecular flexibility index (Phi) is 2.52. The summed E-state index contributed by atoms with van der Waals surface area (Å²) in [5, 5.41) is 9.05. The van der Waals surface area contributed by atoms with Crippen LogP contribution in [0.2, 0.25) is 0 Å². The maximum absolute atomic E-state index is 9.05. The lowest BCUT2D eigenvalue weighted by atomic mass is 10.0. The molecule has 1 aromatic heterocycles. The highest BCUT2D eigenvalue weighted by Crippen LogP contribution is 2.38. The van der Waals surface area contributed by atoms with Gasteiger partial charge in [0, 0.05) is 13.1 Å². The summed E-state index contributed by atoms with van der Waals surface area (Å²) >= 11 is 0. The third-order valence-corrected chi connectivity index (χ3v) is 3.88. The van der Waals surface area contributed by atoms with Gasteiger partial charge in [-0.3, -0.25) is 4.98 Å². The van der Waals surface area contributed by atoms with Gasteiger partial charge in [-0.15, -0.1) is 0 Å². The molecule has 1 saturated carbocycles. The molecule has 1 aliphatic heterocycles. The molecule has 4 nitrogen and oxygen atoms in total. The molecule has 2 fully saturated rings. The Hall–Kier alpha value is -1.16. The topological polar surface area (TPSA) is 49.3 Å². The molecule has 3 rings (SSSR count). The molecular weight excluding hydrogens is 202 g/mol. The van der Waals surface area contributed by atoms with Gasteiger partial charge in [0.05, 0.1) is 24.7 Å². The fourth-order valence-electron chi connectivity index (χ4n) is 3.05. The van der Waals surface area contributed by atoms with Gasteiger partial charge in [-0.1, -0.05) is 6.42 Å². The Morgan fingerprint density at radius 2 is 2.00 bits per heavy atom. The summed E-state index contributed by atoms with van der Waals surface area (Å²) in [7, 11) is 0. The minimum absolute atomic E-state index is 0.0263. The molecule has 2 unspecified atom stereocenters. The molecule has 0 aromatic carbocycles. The first-order valence-corrected chi connectivity index (χ1v) is 6.03. The maximum atomic E-state index is 9.05. The molecule has 4 heteroatoms. The second-order valence-corrected chi connectivity index (χ2v) is 4.88. The summed E-state index contributed by atoms with van der Waals surface area (Å²) in [6.07, 6.45) is 7.56. The molecule has 1 aliphatic carbocycles. The van der Waals surface area contributed by atoms with Gasteiger partial charge in [0.2, 0.25) is 0 Å². The Morgan fingerprint density at radius 3 is 2.69 bits per heavy atom. The van der Waals surface area contributed by atoms with E-state index in [9.17, 15) is 0 Å². The molecule has 0 bridgehead atoms. The zero-order valence-electron chi connectivity index (χ0n) is 9.34. The third kappa shape index (κ3) is 1.67. The van der Waals surface area contributed by atoms with Gasteiger partial charge in [0.25, 0.3) is 0 Å². The Labute approximate surface area is 95.3 Å². The molecular formula is C12H17N3O. The van der Waals surface area contributed by atoms with Crippen molar-refractivity contribution < 1.29 is 5.11 Å². The van der Waals surface area contributed by atoms with Crippen molar-refractivity contribution in [2.75, 3.05) is 18.0 Å². The van der Waals surface area contributed by atoms with Crippen LogP contribution >= 0.6 is 0 Å². The van der Waals surface area contributed by atoms with Crippen molar-refractivity contribution in [1.29, 1.82) is 0 Å². The normalized spacial score (nSPS) is 28.4. The van der Waals surface area contributed by atoms with Gasteiger partial charge in [0.1, 0.15) is 5.82 Å². The van der Waals surface area contributed by atoms with E-state index in [2.05, 4.69) is 14.9 Å². The van der Waals surface area contributed by atoms with Crippen molar-refractivity contribution in [2.24, 2.45) is 11.8 Å². The van der Waals surface area contributed by atoms with Gasteiger partial charge in [0.15, 0.2) is 0 Å². The van der Waals surface area contributed by atoms with E-state index in [-0.39, 0.29) is 6.61 Å². The van der Waals surface area contributed by atoms with Gasteiger partial charge >= 0.3 is 0 Å².